The summed E-state index contributed by atoms with van der Waals surface area (Å²) in [6.45, 7) is 9.76. The van der Waals surface area contributed by atoms with Crippen molar-refractivity contribution in [1.29, 1.82) is 0 Å². The zero-order chi connectivity index (χ0) is 34.0. The van der Waals surface area contributed by atoms with Crippen molar-refractivity contribution < 1.29 is 26.7 Å². The third-order valence-electron chi connectivity index (χ3n) is 8.57. The Bertz CT molecular complexity index is 1860. The van der Waals surface area contributed by atoms with Crippen molar-refractivity contribution >= 4 is 37.4 Å². The van der Waals surface area contributed by atoms with Crippen molar-refractivity contribution in [2.24, 2.45) is 0 Å². The second-order valence-corrected chi connectivity index (χ2v) is 18.4. The van der Waals surface area contributed by atoms with Gasteiger partial charge in [0.15, 0.2) is 10.5 Å². The minimum absolute atomic E-state index is 0.0142. The van der Waals surface area contributed by atoms with Crippen molar-refractivity contribution in [1.82, 2.24) is 19.5 Å². The summed E-state index contributed by atoms with van der Waals surface area (Å²) in [7, 11) is -5.53. The molecule has 12 nitrogen and oxygen atoms in total. The SMILES string of the molecule is CC(C)(C)S(C)(C)OC[C@@H]1CCCN1CCCOc1ccn2ncc(-c3cc(NS(=O)(=O)c4ccccc4[N+](=O)[O-])ccc3F)c2n1. The Labute approximate surface area is 276 Å². The van der Waals surface area contributed by atoms with Gasteiger partial charge in [0.2, 0.25) is 5.88 Å². The maximum atomic E-state index is 15.1. The highest BCUT2D eigenvalue weighted by Gasteiger charge is 2.32. The molecule has 1 fully saturated rings. The van der Waals surface area contributed by atoms with Crippen molar-refractivity contribution in [3.05, 3.63) is 76.9 Å². The molecule has 254 valence electrons. The molecule has 1 atom stereocenters. The first-order chi connectivity index (χ1) is 22.2. The lowest BCUT2D eigenvalue weighted by Gasteiger charge is -2.44. The molecule has 0 saturated carbocycles. The number of nitro groups is 1. The van der Waals surface area contributed by atoms with Crippen LogP contribution in [0.5, 0.6) is 5.88 Å². The Kier molecular flexibility index (Phi) is 10.1. The highest BCUT2D eigenvalue weighted by Crippen LogP contribution is 2.54. The summed E-state index contributed by atoms with van der Waals surface area (Å²) in [5.74, 6) is -0.275. The fourth-order valence-corrected chi connectivity index (χ4v) is 7.29. The van der Waals surface area contributed by atoms with Crippen LogP contribution in [-0.4, -0.2) is 82.4 Å². The molecule has 0 amide bonds. The Hall–Kier alpha value is -3.79. The van der Waals surface area contributed by atoms with E-state index in [1.165, 1.54) is 35.0 Å². The lowest BCUT2D eigenvalue weighted by Crippen LogP contribution is -2.36. The molecule has 47 heavy (non-hydrogen) atoms. The molecule has 4 aromatic rings. The van der Waals surface area contributed by atoms with Crippen LogP contribution in [-0.2, 0) is 14.2 Å². The molecule has 0 bridgehead atoms. The number of para-hydroxylation sites is 1. The molecular formula is C32H41FN6O6S2. The van der Waals surface area contributed by atoms with E-state index in [1.54, 1.807) is 12.3 Å². The van der Waals surface area contributed by atoms with Crippen molar-refractivity contribution in [3.63, 3.8) is 0 Å². The number of nitro benzene ring substituents is 1. The number of likely N-dealkylation sites (tertiary alicyclic amines) is 1. The molecule has 5 rings (SSSR count). The summed E-state index contributed by atoms with van der Waals surface area (Å²) in [6, 6.07) is 10.7. The molecule has 3 heterocycles. The van der Waals surface area contributed by atoms with Crippen molar-refractivity contribution in [3.8, 4) is 17.0 Å². The number of hydrogen-bond donors (Lipinski definition) is 1. The third-order valence-corrected chi connectivity index (χ3v) is 13.7. The molecule has 2 aromatic carbocycles. The Morgan fingerprint density at radius 2 is 1.89 bits per heavy atom. The minimum Gasteiger partial charge on any atom is -0.478 e. The van der Waals surface area contributed by atoms with Gasteiger partial charge in [-0.3, -0.25) is 19.7 Å². The maximum absolute atomic E-state index is 15.1. The second-order valence-electron chi connectivity index (χ2n) is 12.8. The van der Waals surface area contributed by atoms with E-state index in [-0.39, 0.29) is 16.0 Å². The monoisotopic (exact) mass is 688 g/mol. The number of aromatic nitrogens is 3. The van der Waals surface area contributed by atoms with Gasteiger partial charge < -0.3 is 8.92 Å². The van der Waals surface area contributed by atoms with E-state index >= 15 is 4.39 Å². The highest BCUT2D eigenvalue weighted by atomic mass is 32.3. The first kappa shape index (κ1) is 34.5. The van der Waals surface area contributed by atoms with E-state index in [0.29, 0.717) is 29.7 Å². The third kappa shape index (κ3) is 7.86. The number of nitrogens with one attached hydrogen (secondary N) is 1. The van der Waals surface area contributed by atoms with Crippen LogP contribution in [0.15, 0.2) is 65.8 Å². The topological polar surface area (TPSA) is 141 Å². The van der Waals surface area contributed by atoms with Gasteiger partial charge in [-0.2, -0.15) is 10.1 Å². The molecule has 1 N–H and O–H groups in total. The molecule has 2 aromatic heterocycles. The standard InChI is InChI=1S/C32H41FN6O6S2/c1-32(2,3)46(4,5)45-22-24-10-8-16-37(24)17-9-19-44-30-15-18-38-31(35-30)26(21-34-38)25-20-23(13-14-27(25)33)36-47(42,43)29-12-7-6-11-28(29)39(40)41/h6-7,11-15,18,20-21,24,36H,8-10,16-17,19,22H2,1-5H3/t24-/m0/s1. The predicted octanol–water partition coefficient (Wildman–Crippen LogP) is 6.27. The Morgan fingerprint density at radius 3 is 2.64 bits per heavy atom. The average molecular weight is 689 g/mol. The van der Waals surface area contributed by atoms with E-state index in [9.17, 15) is 18.5 Å². The molecule has 1 aliphatic rings. The van der Waals surface area contributed by atoms with Gasteiger partial charge in [0.1, 0.15) is 5.82 Å². The number of rotatable bonds is 13. The van der Waals surface area contributed by atoms with Crippen LogP contribution in [0, 0.1) is 15.9 Å². The van der Waals surface area contributed by atoms with Crippen LogP contribution >= 0.6 is 10.3 Å². The second kappa shape index (κ2) is 13.7. The minimum atomic E-state index is -4.36. The largest absolute Gasteiger partial charge is 0.478 e. The first-order valence-electron chi connectivity index (χ1n) is 15.3. The van der Waals surface area contributed by atoms with Crippen LogP contribution in [0.1, 0.15) is 40.0 Å². The van der Waals surface area contributed by atoms with Crippen molar-refractivity contribution in [2.45, 2.75) is 55.7 Å². The van der Waals surface area contributed by atoms with E-state index in [2.05, 4.69) is 53.0 Å². The van der Waals surface area contributed by atoms with E-state index in [1.807, 2.05) is 0 Å². The van der Waals surface area contributed by atoms with Gasteiger partial charge in [0.05, 0.1) is 24.3 Å². The summed E-state index contributed by atoms with van der Waals surface area (Å²) in [6.07, 6.45) is 10.6. The quantitative estimate of drug-likeness (QED) is 0.0977. The summed E-state index contributed by atoms with van der Waals surface area (Å²) in [5.41, 5.74) is 0.129. The lowest BCUT2D eigenvalue weighted by molar-refractivity contribution is -0.387. The van der Waals surface area contributed by atoms with Crippen LogP contribution in [0.4, 0.5) is 15.8 Å². The summed E-state index contributed by atoms with van der Waals surface area (Å²) in [4.78, 5) is 17.1. The normalized spacial score (nSPS) is 16.4. The molecule has 0 aliphatic carbocycles. The number of fused-ring (bicyclic) bond motifs is 1. The van der Waals surface area contributed by atoms with Crippen LogP contribution < -0.4 is 9.46 Å². The van der Waals surface area contributed by atoms with Gasteiger partial charge >= 0.3 is 0 Å². The number of sulfonamides is 1. The van der Waals surface area contributed by atoms with Crippen LogP contribution in [0.25, 0.3) is 16.8 Å². The Morgan fingerprint density at radius 1 is 1.13 bits per heavy atom. The maximum Gasteiger partial charge on any atom is 0.289 e. The van der Waals surface area contributed by atoms with E-state index < -0.39 is 41.7 Å². The van der Waals surface area contributed by atoms with E-state index in [4.69, 9.17) is 8.92 Å². The molecule has 1 aliphatic heterocycles. The molecule has 1 saturated heterocycles. The molecule has 0 radical (unpaired) electrons. The number of nitrogens with zero attached hydrogens (tertiary/aromatic N) is 5. The van der Waals surface area contributed by atoms with Gasteiger partial charge in [-0.25, -0.2) is 17.3 Å². The fourth-order valence-electron chi connectivity index (χ4n) is 5.21. The zero-order valence-corrected chi connectivity index (χ0v) is 28.8. The van der Waals surface area contributed by atoms with Crippen LogP contribution in [0.3, 0.4) is 0 Å². The highest BCUT2D eigenvalue weighted by molar-refractivity contribution is 8.29. The zero-order valence-electron chi connectivity index (χ0n) is 27.2. The van der Waals surface area contributed by atoms with Crippen molar-refractivity contribution in [2.75, 3.05) is 43.5 Å². The van der Waals surface area contributed by atoms with Gasteiger partial charge in [-0.15, -0.1) is 10.3 Å². The molecule has 15 heteroatoms. The number of benzene rings is 2. The van der Waals surface area contributed by atoms with Gasteiger partial charge in [0, 0.05) is 52.5 Å². The predicted molar refractivity (Wildman–Crippen MR) is 182 cm³/mol. The summed E-state index contributed by atoms with van der Waals surface area (Å²) < 4.78 is 57.5. The fraction of sp³-hybridized carbons (Fsp3) is 0.438. The average Bonchev–Trinajstić information content (AvgIpc) is 3.65. The number of hydrogen-bond acceptors (Lipinski definition) is 9. The molecule has 0 unspecified atom stereocenters. The number of halogens is 1. The number of ether oxygens (including phenoxy) is 1. The number of anilines is 1. The molecular weight excluding hydrogens is 648 g/mol. The molecule has 0 spiro atoms. The van der Waals surface area contributed by atoms with Gasteiger partial charge in [-0.1, -0.05) is 32.9 Å². The van der Waals surface area contributed by atoms with Crippen LogP contribution in [0.2, 0.25) is 0 Å². The van der Waals surface area contributed by atoms with Gasteiger partial charge in [0.25, 0.3) is 15.7 Å². The first-order valence-corrected chi connectivity index (χ1v) is 19.2. The van der Waals surface area contributed by atoms with Gasteiger partial charge in [-0.05, 0) is 62.6 Å². The van der Waals surface area contributed by atoms with E-state index in [0.717, 1.165) is 57.2 Å². The summed E-state index contributed by atoms with van der Waals surface area (Å²) >= 11 is 0. The Balaban J connectivity index is 1.25. The summed E-state index contributed by atoms with van der Waals surface area (Å²) in [5, 5.41) is 15.7. The smallest absolute Gasteiger partial charge is 0.289 e. The lowest BCUT2D eigenvalue weighted by atomic mass is 10.1.